The molecule has 0 unspecified atom stereocenters. The zero-order valence-corrected chi connectivity index (χ0v) is 7.98. The van der Waals surface area contributed by atoms with Crippen molar-refractivity contribution < 1.29 is 0 Å². The Kier molecular flexibility index (Phi) is 2.03. The number of anilines is 1. The van der Waals surface area contributed by atoms with Crippen LogP contribution in [0.1, 0.15) is 5.56 Å². The van der Waals surface area contributed by atoms with Gasteiger partial charge in [-0.15, -0.1) is 11.3 Å². The number of thiophene rings is 1. The van der Waals surface area contributed by atoms with Gasteiger partial charge in [-0.2, -0.15) is 0 Å². The van der Waals surface area contributed by atoms with E-state index in [1.54, 1.807) is 17.5 Å². The van der Waals surface area contributed by atoms with E-state index in [0.717, 1.165) is 5.69 Å². The van der Waals surface area contributed by atoms with E-state index in [0.29, 0.717) is 5.95 Å². The molecule has 0 fully saturated rings. The number of hydrogen-bond acceptors (Lipinski definition) is 4. The number of rotatable bonds is 2. The molecule has 5 heteroatoms. The van der Waals surface area contributed by atoms with Crippen LogP contribution in [0.15, 0.2) is 17.6 Å². The van der Waals surface area contributed by atoms with E-state index in [1.165, 1.54) is 10.4 Å². The Balaban J connectivity index is 2.41. The first kappa shape index (κ1) is 8.28. The van der Waals surface area contributed by atoms with Gasteiger partial charge in [0, 0.05) is 0 Å². The van der Waals surface area contributed by atoms with Gasteiger partial charge in [-0.1, -0.05) is 0 Å². The zero-order chi connectivity index (χ0) is 9.26. The molecule has 0 atom stereocenters. The van der Waals surface area contributed by atoms with Crippen LogP contribution in [-0.4, -0.2) is 9.97 Å². The number of nitrogens with one attached hydrogen (secondary N) is 2. The predicted octanol–water partition coefficient (Wildman–Crippen LogP) is 1.73. The summed E-state index contributed by atoms with van der Waals surface area (Å²) in [6.07, 6.45) is 1.77. The van der Waals surface area contributed by atoms with Crippen LogP contribution in [0, 0.1) is 6.92 Å². The van der Waals surface area contributed by atoms with Crippen LogP contribution >= 0.6 is 11.3 Å². The van der Waals surface area contributed by atoms with Crippen molar-refractivity contribution in [3.05, 3.63) is 23.2 Å². The normalized spacial score (nSPS) is 10.3. The summed E-state index contributed by atoms with van der Waals surface area (Å²) >= 11 is 1.69. The van der Waals surface area contributed by atoms with Crippen LogP contribution in [0.3, 0.4) is 0 Å². The summed E-state index contributed by atoms with van der Waals surface area (Å²) in [5, 5.41) is 2.06. The van der Waals surface area contributed by atoms with Gasteiger partial charge >= 0.3 is 0 Å². The molecule has 0 radical (unpaired) electrons. The number of nitrogens with two attached hydrogens (primary N) is 1. The number of aryl methyl sites for hydroxylation is 1. The van der Waals surface area contributed by atoms with Crippen molar-refractivity contribution in [2.75, 3.05) is 5.43 Å². The molecule has 0 aromatic carbocycles. The molecule has 2 rings (SSSR count). The Labute approximate surface area is 79.8 Å². The van der Waals surface area contributed by atoms with Crippen molar-refractivity contribution >= 4 is 17.3 Å². The summed E-state index contributed by atoms with van der Waals surface area (Å²) in [5.41, 5.74) is 4.71. The van der Waals surface area contributed by atoms with Gasteiger partial charge in [-0.05, 0) is 23.9 Å². The van der Waals surface area contributed by atoms with Crippen molar-refractivity contribution in [2.24, 2.45) is 5.84 Å². The minimum absolute atomic E-state index is 0.586. The molecule has 0 spiro atoms. The van der Waals surface area contributed by atoms with Crippen molar-refractivity contribution in [1.29, 1.82) is 0 Å². The van der Waals surface area contributed by atoms with Crippen LogP contribution in [0.4, 0.5) is 5.95 Å². The first-order valence-corrected chi connectivity index (χ1v) is 4.75. The molecule has 4 N–H and O–H groups in total. The standard InChI is InChI=1S/C8H10N4S/c1-5-2-3-13-7(5)6-4-10-8(11-6)12-9/h2-4H,9H2,1H3,(H2,10,11,12). The highest BCUT2D eigenvalue weighted by atomic mass is 32.1. The quantitative estimate of drug-likeness (QED) is 0.504. The fourth-order valence-electron chi connectivity index (χ4n) is 1.16. The Bertz CT molecular complexity index is 404. The molecule has 0 saturated heterocycles. The van der Waals surface area contributed by atoms with Crippen LogP contribution in [0.25, 0.3) is 10.6 Å². The number of nitrogen functional groups attached to an aromatic ring is 1. The first-order chi connectivity index (χ1) is 6.31. The maximum absolute atomic E-state index is 5.21. The van der Waals surface area contributed by atoms with Crippen molar-refractivity contribution in [2.45, 2.75) is 6.92 Å². The van der Waals surface area contributed by atoms with E-state index in [1.807, 2.05) is 0 Å². The number of hydrazine groups is 1. The van der Waals surface area contributed by atoms with Gasteiger partial charge in [0.05, 0.1) is 16.8 Å². The molecule has 4 nitrogen and oxygen atoms in total. The van der Waals surface area contributed by atoms with Crippen LogP contribution in [0.2, 0.25) is 0 Å². The van der Waals surface area contributed by atoms with Gasteiger partial charge in [0.2, 0.25) is 5.95 Å². The Morgan fingerprint density at radius 2 is 2.46 bits per heavy atom. The number of H-pyrrole nitrogens is 1. The summed E-state index contributed by atoms with van der Waals surface area (Å²) in [6, 6.07) is 2.08. The molecular weight excluding hydrogens is 184 g/mol. The molecule has 2 aromatic rings. The lowest BCUT2D eigenvalue weighted by molar-refractivity contribution is 1.20. The maximum Gasteiger partial charge on any atom is 0.215 e. The van der Waals surface area contributed by atoms with Gasteiger partial charge < -0.3 is 4.98 Å². The predicted molar refractivity (Wildman–Crippen MR) is 54.4 cm³/mol. The van der Waals surface area contributed by atoms with E-state index in [9.17, 15) is 0 Å². The highest BCUT2D eigenvalue weighted by molar-refractivity contribution is 7.13. The summed E-state index contributed by atoms with van der Waals surface area (Å²) in [7, 11) is 0. The lowest BCUT2D eigenvalue weighted by atomic mass is 10.2. The third-order valence-electron chi connectivity index (χ3n) is 1.82. The van der Waals surface area contributed by atoms with Gasteiger partial charge in [0.1, 0.15) is 0 Å². The minimum atomic E-state index is 0.586. The average molecular weight is 194 g/mol. The van der Waals surface area contributed by atoms with Crippen LogP contribution in [0.5, 0.6) is 0 Å². The molecule has 0 amide bonds. The van der Waals surface area contributed by atoms with Crippen LogP contribution in [-0.2, 0) is 0 Å². The third kappa shape index (κ3) is 1.43. The lowest BCUT2D eigenvalue weighted by Crippen LogP contribution is -2.07. The maximum atomic E-state index is 5.21. The minimum Gasteiger partial charge on any atom is -0.322 e. The second-order valence-corrected chi connectivity index (χ2v) is 3.64. The van der Waals surface area contributed by atoms with E-state index in [4.69, 9.17) is 5.84 Å². The largest absolute Gasteiger partial charge is 0.322 e. The summed E-state index contributed by atoms with van der Waals surface area (Å²) in [5.74, 6) is 5.80. The molecule has 68 valence electrons. The fraction of sp³-hybridized carbons (Fsp3) is 0.125. The molecule has 13 heavy (non-hydrogen) atoms. The van der Waals surface area contributed by atoms with Crippen molar-refractivity contribution in [3.63, 3.8) is 0 Å². The smallest absolute Gasteiger partial charge is 0.215 e. The van der Waals surface area contributed by atoms with Crippen molar-refractivity contribution in [3.8, 4) is 10.6 Å². The molecule has 0 aliphatic heterocycles. The Hall–Kier alpha value is -1.33. The Morgan fingerprint density at radius 1 is 1.62 bits per heavy atom. The van der Waals surface area contributed by atoms with Gasteiger partial charge in [-0.3, -0.25) is 5.43 Å². The molecule has 2 heterocycles. The SMILES string of the molecule is Cc1ccsc1-c1cnc(NN)[nH]1. The Morgan fingerprint density at radius 3 is 3.00 bits per heavy atom. The van der Waals surface area contributed by atoms with E-state index >= 15 is 0 Å². The van der Waals surface area contributed by atoms with Gasteiger partial charge in [-0.25, -0.2) is 10.8 Å². The highest BCUT2D eigenvalue weighted by Crippen LogP contribution is 2.27. The average Bonchev–Trinajstić information content (AvgIpc) is 2.71. The van der Waals surface area contributed by atoms with Crippen molar-refractivity contribution in [1.82, 2.24) is 9.97 Å². The van der Waals surface area contributed by atoms with E-state index in [-0.39, 0.29) is 0 Å². The second-order valence-electron chi connectivity index (χ2n) is 2.72. The highest BCUT2D eigenvalue weighted by Gasteiger charge is 2.05. The number of aromatic amines is 1. The van der Waals surface area contributed by atoms with Crippen LogP contribution < -0.4 is 11.3 Å². The topological polar surface area (TPSA) is 66.7 Å². The fourth-order valence-corrected chi connectivity index (χ4v) is 2.05. The van der Waals surface area contributed by atoms with E-state index < -0.39 is 0 Å². The van der Waals surface area contributed by atoms with E-state index in [2.05, 4.69) is 33.8 Å². The summed E-state index contributed by atoms with van der Waals surface area (Å²) in [4.78, 5) is 8.32. The zero-order valence-electron chi connectivity index (χ0n) is 7.16. The number of imidazole rings is 1. The number of aromatic nitrogens is 2. The third-order valence-corrected chi connectivity index (χ3v) is 2.87. The number of nitrogens with zero attached hydrogens (tertiary/aromatic N) is 1. The molecule has 0 bridgehead atoms. The molecule has 0 aliphatic carbocycles. The summed E-state index contributed by atoms with van der Waals surface area (Å²) < 4.78 is 0. The molecule has 0 saturated carbocycles. The number of hydrogen-bond donors (Lipinski definition) is 3. The second kappa shape index (κ2) is 3.20. The van der Waals surface area contributed by atoms with Gasteiger partial charge in [0.15, 0.2) is 0 Å². The molecule has 0 aliphatic rings. The molecular formula is C8H10N4S. The lowest BCUT2D eigenvalue weighted by Gasteiger charge is -1.94. The first-order valence-electron chi connectivity index (χ1n) is 3.87. The molecule has 2 aromatic heterocycles. The van der Waals surface area contributed by atoms with Gasteiger partial charge in [0.25, 0.3) is 0 Å². The monoisotopic (exact) mass is 194 g/mol. The summed E-state index contributed by atoms with van der Waals surface area (Å²) in [6.45, 7) is 2.07.